The van der Waals surface area contributed by atoms with Crippen LogP contribution in [0, 0.1) is 0 Å². The van der Waals surface area contributed by atoms with Crippen molar-refractivity contribution in [2.75, 3.05) is 23.7 Å². The van der Waals surface area contributed by atoms with Gasteiger partial charge in [-0.3, -0.25) is 9.10 Å². The molecule has 0 radical (unpaired) electrons. The number of nitrogens with one attached hydrogen (secondary N) is 1. The van der Waals surface area contributed by atoms with Crippen LogP contribution in [0.15, 0.2) is 53.0 Å². The van der Waals surface area contributed by atoms with E-state index in [1.165, 1.54) is 0 Å². The zero-order chi connectivity index (χ0) is 21.4. The second-order valence-corrected chi connectivity index (χ2v) is 9.75. The summed E-state index contributed by atoms with van der Waals surface area (Å²) in [5, 5.41) is 2.80. The maximum atomic E-state index is 12.3. The molecule has 29 heavy (non-hydrogen) atoms. The van der Waals surface area contributed by atoms with Crippen molar-refractivity contribution >= 4 is 37.5 Å². The van der Waals surface area contributed by atoms with Gasteiger partial charge in [-0.05, 0) is 72.4 Å². The van der Waals surface area contributed by atoms with Gasteiger partial charge in [-0.2, -0.15) is 0 Å². The standard InChI is InChI=1S/C21H27BrN2O4S/c1-16(2)28-18-10-6-8-17(14-18)9-7-13-23-21(25)15-24(29(3,26)27)20-12-5-4-11-19(20)22/h4-6,8,10-12,14,16H,7,9,13,15H2,1-3H3,(H,23,25). The molecular weight excluding hydrogens is 456 g/mol. The largest absolute Gasteiger partial charge is 0.491 e. The van der Waals surface area contributed by atoms with Crippen LogP contribution in [-0.2, 0) is 21.2 Å². The van der Waals surface area contributed by atoms with Gasteiger partial charge in [-0.1, -0.05) is 24.3 Å². The van der Waals surface area contributed by atoms with E-state index < -0.39 is 10.0 Å². The van der Waals surface area contributed by atoms with Crippen molar-refractivity contribution in [3.8, 4) is 5.75 Å². The van der Waals surface area contributed by atoms with Crippen molar-refractivity contribution < 1.29 is 17.9 Å². The SMILES string of the molecule is CC(C)Oc1cccc(CCCNC(=O)CN(c2ccccc2Br)S(C)(=O)=O)c1. The Morgan fingerprint density at radius 3 is 2.55 bits per heavy atom. The highest BCUT2D eigenvalue weighted by molar-refractivity contribution is 9.10. The predicted molar refractivity (Wildman–Crippen MR) is 120 cm³/mol. The first-order valence-corrected chi connectivity index (χ1v) is 12.1. The van der Waals surface area contributed by atoms with E-state index in [-0.39, 0.29) is 18.6 Å². The smallest absolute Gasteiger partial charge is 0.240 e. The highest BCUT2D eigenvalue weighted by atomic mass is 79.9. The molecular formula is C21H27BrN2O4S. The van der Waals surface area contributed by atoms with Crippen LogP contribution in [0.4, 0.5) is 5.69 Å². The molecule has 0 saturated heterocycles. The fourth-order valence-corrected chi connectivity index (χ4v) is 4.27. The number of rotatable bonds is 10. The lowest BCUT2D eigenvalue weighted by atomic mass is 10.1. The Hall–Kier alpha value is -2.06. The third-order valence-corrected chi connectivity index (χ3v) is 5.84. The molecule has 0 aliphatic heterocycles. The molecule has 0 spiro atoms. The van der Waals surface area contributed by atoms with Crippen LogP contribution in [0.5, 0.6) is 5.75 Å². The maximum Gasteiger partial charge on any atom is 0.240 e. The molecule has 0 saturated carbocycles. The number of hydrogen-bond acceptors (Lipinski definition) is 4. The van der Waals surface area contributed by atoms with Crippen LogP contribution in [0.3, 0.4) is 0 Å². The lowest BCUT2D eigenvalue weighted by Crippen LogP contribution is -2.40. The summed E-state index contributed by atoms with van der Waals surface area (Å²) < 4.78 is 31.7. The Kier molecular flexibility index (Phi) is 8.52. The summed E-state index contributed by atoms with van der Waals surface area (Å²) in [6, 6.07) is 14.8. The molecule has 0 atom stereocenters. The fourth-order valence-electron chi connectivity index (χ4n) is 2.79. The number of carbonyl (C=O) groups is 1. The van der Waals surface area contributed by atoms with Crippen LogP contribution in [-0.4, -0.2) is 39.8 Å². The molecule has 2 aromatic rings. The molecule has 1 N–H and O–H groups in total. The Morgan fingerprint density at radius 1 is 1.17 bits per heavy atom. The molecule has 0 fully saturated rings. The summed E-state index contributed by atoms with van der Waals surface area (Å²) in [5.41, 5.74) is 1.57. The van der Waals surface area contributed by atoms with Crippen molar-refractivity contribution in [2.45, 2.75) is 32.8 Å². The van der Waals surface area contributed by atoms with E-state index in [0.29, 0.717) is 16.7 Å². The number of aryl methyl sites for hydroxylation is 1. The maximum absolute atomic E-state index is 12.3. The van der Waals surface area contributed by atoms with E-state index >= 15 is 0 Å². The van der Waals surface area contributed by atoms with Crippen LogP contribution in [0.1, 0.15) is 25.8 Å². The number of sulfonamides is 1. The Bertz CT molecular complexity index is 932. The first kappa shape index (κ1) is 23.2. The van der Waals surface area contributed by atoms with Crippen LogP contribution in [0.25, 0.3) is 0 Å². The second-order valence-electron chi connectivity index (χ2n) is 6.99. The summed E-state index contributed by atoms with van der Waals surface area (Å²) in [7, 11) is -3.60. The van der Waals surface area contributed by atoms with E-state index in [0.717, 1.165) is 34.7 Å². The number of amides is 1. The quantitative estimate of drug-likeness (QED) is 0.523. The molecule has 0 heterocycles. The number of anilines is 1. The first-order chi connectivity index (χ1) is 13.7. The zero-order valence-electron chi connectivity index (χ0n) is 16.9. The zero-order valence-corrected chi connectivity index (χ0v) is 19.3. The summed E-state index contributed by atoms with van der Waals surface area (Å²) in [4.78, 5) is 12.3. The molecule has 0 unspecified atom stereocenters. The highest BCUT2D eigenvalue weighted by Crippen LogP contribution is 2.27. The van der Waals surface area contributed by atoms with E-state index in [1.807, 2.05) is 38.1 Å². The van der Waals surface area contributed by atoms with Crippen molar-refractivity contribution in [2.24, 2.45) is 0 Å². The number of carbonyl (C=O) groups excluding carboxylic acids is 1. The van der Waals surface area contributed by atoms with E-state index in [2.05, 4.69) is 21.2 Å². The lowest BCUT2D eigenvalue weighted by Gasteiger charge is -2.23. The van der Waals surface area contributed by atoms with Crippen LogP contribution >= 0.6 is 15.9 Å². The average Bonchev–Trinajstić information content (AvgIpc) is 2.63. The van der Waals surface area contributed by atoms with Gasteiger partial charge in [-0.25, -0.2) is 8.42 Å². The van der Waals surface area contributed by atoms with E-state index in [4.69, 9.17) is 4.74 Å². The van der Waals surface area contributed by atoms with Crippen molar-refractivity contribution in [3.05, 3.63) is 58.6 Å². The average molecular weight is 483 g/mol. The number of nitrogens with zero attached hydrogens (tertiary/aromatic N) is 1. The lowest BCUT2D eigenvalue weighted by molar-refractivity contribution is -0.119. The molecule has 6 nitrogen and oxygen atoms in total. The van der Waals surface area contributed by atoms with E-state index in [1.54, 1.807) is 24.3 Å². The Balaban J connectivity index is 1.88. The van der Waals surface area contributed by atoms with E-state index in [9.17, 15) is 13.2 Å². The molecule has 0 aliphatic carbocycles. The van der Waals surface area contributed by atoms with Gasteiger partial charge in [-0.15, -0.1) is 0 Å². The minimum atomic E-state index is -3.60. The molecule has 8 heteroatoms. The van der Waals surface area contributed by atoms with Crippen molar-refractivity contribution in [3.63, 3.8) is 0 Å². The van der Waals surface area contributed by atoms with Gasteiger partial charge in [0.15, 0.2) is 0 Å². The third kappa shape index (κ3) is 7.70. The number of hydrogen-bond donors (Lipinski definition) is 1. The number of ether oxygens (including phenoxy) is 1. The number of benzene rings is 2. The molecule has 2 aromatic carbocycles. The van der Waals surface area contributed by atoms with Gasteiger partial charge >= 0.3 is 0 Å². The first-order valence-electron chi connectivity index (χ1n) is 9.41. The summed E-state index contributed by atoms with van der Waals surface area (Å²) in [5.74, 6) is 0.488. The van der Waals surface area contributed by atoms with Crippen LogP contribution in [0.2, 0.25) is 0 Å². The molecule has 158 valence electrons. The fraction of sp³-hybridized carbons (Fsp3) is 0.381. The summed E-state index contributed by atoms with van der Waals surface area (Å²) >= 11 is 3.34. The number of halogens is 1. The van der Waals surface area contributed by atoms with Gasteiger partial charge < -0.3 is 10.1 Å². The van der Waals surface area contributed by atoms with Gasteiger partial charge in [0.1, 0.15) is 12.3 Å². The van der Waals surface area contributed by atoms with Crippen LogP contribution < -0.4 is 14.4 Å². The summed E-state index contributed by atoms with van der Waals surface area (Å²) in [6.07, 6.45) is 2.73. The molecule has 0 bridgehead atoms. The molecule has 1 amide bonds. The number of para-hydroxylation sites is 1. The molecule has 0 aromatic heterocycles. The van der Waals surface area contributed by atoms with Gasteiger partial charge in [0.05, 0.1) is 18.0 Å². The van der Waals surface area contributed by atoms with Gasteiger partial charge in [0.2, 0.25) is 15.9 Å². The minimum absolute atomic E-state index is 0.118. The predicted octanol–water partition coefficient (Wildman–Crippen LogP) is 3.75. The van der Waals surface area contributed by atoms with Crippen molar-refractivity contribution in [1.82, 2.24) is 5.32 Å². The minimum Gasteiger partial charge on any atom is -0.491 e. The third-order valence-electron chi connectivity index (χ3n) is 4.04. The van der Waals surface area contributed by atoms with Gasteiger partial charge in [0, 0.05) is 11.0 Å². The monoisotopic (exact) mass is 482 g/mol. The summed E-state index contributed by atoms with van der Waals surface area (Å²) in [6.45, 7) is 4.16. The molecule has 2 rings (SSSR count). The van der Waals surface area contributed by atoms with Gasteiger partial charge in [0.25, 0.3) is 0 Å². The topological polar surface area (TPSA) is 75.7 Å². The highest BCUT2D eigenvalue weighted by Gasteiger charge is 2.22. The Labute approximate surface area is 181 Å². The Morgan fingerprint density at radius 2 is 1.90 bits per heavy atom. The normalized spacial score (nSPS) is 11.3. The van der Waals surface area contributed by atoms with Crippen molar-refractivity contribution in [1.29, 1.82) is 0 Å². The second kappa shape index (κ2) is 10.6. The molecule has 0 aliphatic rings.